The molecule has 0 spiro atoms. The second-order valence-electron chi connectivity index (χ2n) is 8.12. The smallest absolute Gasteiger partial charge is 0.338 e. The molecule has 3 heterocycles. The Hall–Kier alpha value is -3.07. The highest BCUT2D eigenvalue weighted by Crippen LogP contribution is 2.41. The fourth-order valence-electron chi connectivity index (χ4n) is 4.30. The van der Waals surface area contributed by atoms with Gasteiger partial charge in [0.1, 0.15) is 24.9 Å². The van der Waals surface area contributed by atoms with Crippen LogP contribution in [0.2, 0.25) is 0 Å². The van der Waals surface area contributed by atoms with Gasteiger partial charge in [0.25, 0.3) is 11.8 Å². The first-order valence-corrected chi connectivity index (χ1v) is 10.1. The van der Waals surface area contributed by atoms with E-state index in [4.69, 9.17) is 18.9 Å². The first-order chi connectivity index (χ1) is 14.9. The Balaban J connectivity index is 1.41. The number of carbonyl (C=O) groups excluding carboxylic acids is 3. The molecule has 2 saturated heterocycles. The Labute approximate surface area is 178 Å². The first kappa shape index (κ1) is 19.9. The van der Waals surface area contributed by atoms with Crippen molar-refractivity contribution in [1.29, 1.82) is 0 Å². The third-order valence-corrected chi connectivity index (χ3v) is 5.63. The Kier molecular flexibility index (Phi) is 4.65. The van der Waals surface area contributed by atoms with Crippen LogP contribution in [0.3, 0.4) is 0 Å². The van der Waals surface area contributed by atoms with Crippen molar-refractivity contribution < 1.29 is 33.3 Å². The summed E-state index contributed by atoms with van der Waals surface area (Å²) in [6.07, 6.45) is -2.27. The average Bonchev–Trinajstić information content (AvgIpc) is 3.32. The van der Waals surface area contributed by atoms with Gasteiger partial charge in [0, 0.05) is 0 Å². The topological polar surface area (TPSA) is 91.4 Å². The van der Waals surface area contributed by atoms with Crippen molar-refractivity contribution in [2.45, 2.75) is 44.2 Å². The second-order valence-corrected chi connectivity index (χ2v) is 8.12. The van der Waals surface area contributed by atoms with Crippen molar-refractivity contribution in [3.8, 4) is 0 Å². The van der Waals surface area contributed by atoms with Gasteiger partial charge in [-0.1, -0.05) is 30.3 Å². The largest absolute Gasteiger partial charge is 0.459 e. The van der Waals surface area contributed by atoms with Crippen LogP contribution in [0.4, 0.5) is 0 Å². The highest BCUT2D eigenvalue weighted by Gasteiger charge is 2.60. The van der Waals surface area contributed by atoms with Gasteiger partial charge in [-0.3, -0.25) is 14.5 Å². The zero-order chi connectivity index (χ0) is 21.8. The van der Waals surface area contributed by atoms with Gasteiger partial charge in [0.05, 0.1) is 16.7 Å². The van der Waals surface area contributed by atoms with Crippen LogP contribution in [0.25, 0.3) is 0 Å². The summed E-state index contributed by atoms with van der Waals surface area (Å²) >= 11 is 0. The normalized spacial score (nSPS) is 28.5. The van der Waals surface area contributed by atoms with Gasteiger partial charge in [0.15, 0.2) is 12.1 Å². The molecule has 8 nitrogen and oxygen atoms in total. The van der Waals surface area contributed by atoms with Crippen molar-refractivity contribution in [1.82, 2.24) is 4.90 Å². The summed E-state index contributed by atoms with van der Waals surface area (Å²) in [7, 11) is 0. The lowest BCUT2D eigenvalue weighted by atomic mass is 10.1. The number of hydrogen-bond donors (Lipinski definition) is 0. The SMILES string of the molecule is CC1(C)O[C@H]2O[C@@H](COC(=O)c3ccccc3)[C@@H](N3C(=O)c4ccccc4C3=O)[C@@H]2O1. The van der Waals surface area contributed by atoms with Gasteiger partial charge >= 0.3 is 5.97 Å². The van der Waals surface area contributed by atoms with E-state index in [0.717, 1.165) is 4.90 Å². The predicted molar refractivity (Wildman–Crippen MR) is 106 cm³/mol. The summed E-state index contributed by atoms with van der Waals surface area (Å²) in [5, 5.41) is 0. The highest BCUT2D eigenvalue weighted by atomic mass is 16.8. The predicted octanol–water partition coefficient (Wildman–Crippen LogP) is 2.38. The third kappa shape index (κ3) is 3.33. The van der Waals surface area contributed by atoms with Crippen LogP contribution in [-0.2, 0) is 18.9 Å². The van der Waals surface area contributed by atoms with Crippen LogP contribution in [-0.4, -0.2) is 59.6 Å². The quantitative estimate of drug-likeness (QED) is 0.551. The molecule has 3 aliphatic heterocycles. The molecular weight excluding hydrogens is 402 g/mol. The molecule has 8 heteroatoms. The van der Waals surface area contributed by atoms with E-state index in [-0.39, 0.29) is 6.61 Å². The number of ether oxygens (including phenoxy) is 4. The summed E-state index contributed by atoms with van der Waals surface area (Å²) in [6, 6.07) is 14.4. The van der Waals surface area contributed by atoms with E-state index in [1.54, 1.807) is 68.4 Å². The summed E-state index contributed by atoms with van der Waals surface area (Å²) in [6.45, 7) is 3.31. The molecule has 2 amide bonds. The molecule has 31 heavy (non-hydrogen) atoms. The molecule has 0 radical (unpaired) electrons. The molecule has 0 N–H and O–H groups in total. The molecule has 0 aliphatic carbocycles. The molecular formula is C23H21NO7. The van der Waals surface area contributed by atoms with Crippen molar-refractivity contribution in [3.05, 3.63) is 71.3 Å². The number of fused-ring (bicyclic) bond motifs is 2. The Morgan fingerprint density at radius 1 is 0.968 bits per heavy atom. The van der Waals surface area contributed by atoms with Gasteiger partial charge in [0.2, 0.25) is 0 Å². The monoisotopic (exact) mass is 423 g/mol. The first-order valence-electron chi connectivity index (χ1n) is 10.1. The van der Waals surface area contributed by atoms with Crippen molar-refractivity contribution in [3.63, 3.8) is 0 Å². The van der Waals surface area contributed by atoms with E-state index >= 15 is 0 Å². The highest BCUT2D eigenvalue weighted by molar-refractivity contribution is 6.21. The van der Waals surface area contributed by atoms with Gasteiger partial charge in [-0.2, -0.15) is 0 Å². The van der Waals surface area contributed by atoms with Crippen LogP contribution in [0, 0.1) is 0 Å². The molecule has 0 bridgehead atoms. The number of esters is 1. The molecule has 2 aromatic carbocycles. The van der Waals surface area contributed by atoms with Crippen LogP contribution in [0.1, 0.15) is 44.9 Å². The molecule has 160 valence electrons. The lowest BCUT2D eigenvalue weighted by Gasteiger charge is -2.30. The zero-order valence-corrected chi connectivity index (χ0v) is 17.0. The number of carbonyl (C=O) groups is 3. The van der Waals surface area contributed by atoms with E-state index in [1.165, 1.54) is 0 Å². The van der Waals surface area contributed by atoms with Gasteiger partial charge < -0.3 is 18.9 Å². The molecule has 3 aliphatic rings. The second kappa shape index (κ2) is 7.26. The molecule has 2 aromatic rings. The molecule has 4 atom stereocenters. The Bertz CT molecular complexity index is 1020. The van der Waals surface area contributed by atoms with Crippen LogP contribution < -0.4 is 0 Å². The minimum atomic E-state index is -0.933. The standard InChI is InChI=1S/C23H21NO7/c1-23(2)30-18-17(24-19(25)14-10-6-7-11-15(14)20(24)26)16(29-22(18)31-23)12-28-21(27)13-8-4-3-5-9-13/h3-11,16-18,22H,12H2,1-2H3/t16-,17+,18-,22+/m0/s1. The van der Waals surface area contributed by atoms with E-state index in [1.807, 2.05) is 0 Å². The number of hydrogen-bond acceptors (Lipinski definition) is 7. The summed E-state index contributed by atoms with van der Waals surface area (Å²) < 4.78 is 23.2. The molecule has 2 fully saturated rings. The maximum Gasteiger partial charge on any atom is 0.338 e. The number of imide groups is 1. The van der Waals surface area contributed by atoms with Gasteiger partial charge in [-0.15, -0.1) is 0 Å². The number of amides is 2. The summed E-state index contributed by atoms with van der Waals surface area (Å²) in [4.78, 5) is 39.7. The maximum atomic E-state index is 13.1. The maximum absolute atomic E-state index is 13.1. The molecule has 0 saturated carbocycles. The summed E-state index contributed by atoms with van der Waals surface area (Å²) in [5.41, 5.74) is 1.05. The molecule has 5 rings (SSSR count). The van der Waals surface area contributed by atoms with E-state index in [2.05, 4.69) is 0 Å². The Morgan fingerprint density at radius 2 is 1.58 bits per heavy atom. The Morgan fingerprint density at radius 3 is 2.23 bits per heavy atom. The van der Waals surface area contributed by atoms with Gasteiger partial charge in [-0.25, -0.2) is 4.79 Å². The number of rotatable bonds is 4. The van der Waals surface area contributed by atoms with Crippen molar-refractivity contribution in [2.75, 3.05) is 6.61 Å². The number of benzene rings is 2. The minimum Gasteiger partial charge on any atom is -0.459 e. The fourth-order valence-corrected chi connectivity index (χ4v) is 4.30. The molecule has 0 aromatic heterocycles. The lowest BCUT2D eigenvalue weighted by Crippen LogP contribution is -2.52. The summed E-state index contributed by atoms with van der Waals surface area (Å²) in [5.74, 6) is -2.31. The molecule has 0 unspecified atom stereocenters. The van der Waals surface area contributed by atoms with Crippen molar-refractivity contribution in [2.24, 2.45) is 0 Å². The average molecular weight is 423 g/mol. The third-order valence-electron chi connectivity index (χ3n) is 5.63. The van der Waals surface area contributed by atoms with E-state index in [0.29, 0.717) is 16.7 Å². The zero-order valence-electron chi connectivity index (χ0n) is 17.0. The van der Waals surface area contributed by atoms with E-state index < -0.39 is 48.1 Å². The fraction of sp³-hybridized carbons (Fsp3) is 0.348. The van der Waals surface area contributed by atoms with Crippen LogP contribution in [0.5, 0.6) is 0 Å². The number of nitrogens with zero attached hydrogens (tertiary/aromatic N) is 1. The van der Waals surface area contributed by atoms with Gasteiger partial charge in [-0.05, 0) is 38.1 Å². The van der Waals surface area contributed by atoms with Crippen molar-refractivity contribution >= 4 is 17.8 Å². The van der Waals surface area contributed by atoms with Crippen LogP contribution >= 0.6 is 0 Å². The van der Waals surface area contributed by atoms with E-state index in [9.17, 15) is 14.4 Å². The minimum absolute atomic E-state index is 0.161. The lowest BCUT2D eigenvalue weighted by molar-refractivity contribution is -0.212. The van der Waals surface area contributed by atoms with Crippen LogP contribution in [0.15, 0.2) is 54.6 Å².